The smallest absolute Gasteiger partial charge is 0.168 e. The first-order valence-corrected chi connectivity index (χ1v) is 6.71. The topological polar surface area (TPSA) is 41.8 Å². The van der Waals surface area contributed by atoms with Gasteiger partial charge < -0.3 is 0 Å². The Kier molecular flexibility index (Phi) is 11.8. The van der Waals surface area contributed by atoms with E-state index in [1.165, 1.54) is 32.1 Å². The average Bonchev–Trinajstić information content (AvgIpc) is 2.32. The minimum absolute atomic E-state index is 0.510. The van der Waals surface area contributed by atoms with Gasteiger partial charge in [0.1, 0.15) is 0 Å². The lowest BCUT2D eigenvalue weighted by molar-refractivity contribution is 0.612. The van der Waals surface area contributed by atoms with Gasteiger partial charge in [0.25, 0.3) is 0 Å². The molecule has 0 aromatic rings. The molecule has 0 fully saturated rings. The zero-order valence-electron chi connectivity index (χ0n) is 10.9. The molecule has 0 saturated carbocycles. The zero-order chi connectivity index (χ0) is 12.1. The van der Waals surface area contributed by atoms with Crippen LogP contribution in [-0.4, -0.2) is 12.4 Å². The summed E-state index contributed by atoms with van der Waals surface area (Å²) in [7, 11) is 0. The second-order valence-corrected chi connectivity index (χ2v) is 4.26. The molecule has 0 aliphatic heterocycles. The first-order valence-electron chi connectivity index (χ1n) is 6.71. The quantitative estimate of drug-likeness (QED) is 0.230. The monoisotopic (exact) mass is 226 g/mol. The Morgan fingerprint density at radius 1 is 0.875 bits per heavy atom. The van der Waals surface area contributed by atoms with Crippen molar-refractivity contribution in [2.24, 2.45) is 10.2 Å². The second kappa shape index (κ2) is 12.3. The normalized spacial score (nSPS) is 11.8. The number of unbranched alkanes of at least 4 members (excludes halogenated alkanes) is 6. The summed E-state index contributed by atoms with van der Waals surface area (Å²) in [6, 6.07) is 0. The van der Waals surface area contributed by atoms with Crippen molar-refractivity contribution in [1.29, 1.82) is 0 Å². The summed E-state index contributed by atoms with van der Waals surface area (Å²) in [5, 5.41) is 2.97. The van der Waals surface area contributed by atoms with E-state index in [1.807, 2.05) is 0 Å². The molecule has 0 aromatic heterocycles. The summed E-state index contributed by atoms with van der Waals surface area (Å²) in [4.78, 5) is 14.7. The van der Waals surface area contributed by atoms with Crippen LogP contribution in [0.15, 0.2) is 10.2 Å². The van der Waals surface area contributed by atoms with Gasteiger partial charge in [-0.3, -0.25) is 4.99 Å². The molecule has 3 heteroatoms. The van der Waals surface area contributed by atoms with E-state index in [0.717, 1.165) is 32.2 Å². The van der Waals surface area contributed by atoms with Gasteiger partial charge >= 0.3 is 0 Å². The number of rotatable bonds is 10. The third-order valence-corrected chi connectivity index (χ3v) is 2.67. The molecule has 0 spiro atoms. The van der Waals surface area contributed by atoms with Crippen molar-refractivity contribution >= 4 is 5.84 Å². The molecule has 0 unspecified atom stereocenters. The largest absolute Gasteiger partial charge is 0.268 e. The fourth-order valence-electron chi connectivity index (χ4n) is 1.59. The lowest BCUT2D eigenvalue weighted by atomic mass is 10.1. The van der Waals surface area contributed by atoms with Gasteiger partial charge in [0.05, 0.1) is 0 Å². The van der Waals surface area contributed by atoms with Gasteiger partial charge in [-0.15, -0.1) is 4.91 Å². The fourth-order valence-corrected chi connectivity index (χ4v) is 1.59. The van der Waals surface area contributed by atoms with Crippen LogP contribution >= 0.6 is 0 Å². The van der Waals surface area contributed by atoms with Crippen molar-refractivity contribution in [2.45, 2.75) is 71.6 Å². The number of nitrogens with zero attached hydrogens (tertiary/aromatic N) is 2. The van der Waals surface area contributed by atoms with Crippen LogP contribution in [0.5, 0.6) is 0 Å². The van der Waals surface area contributed by atoms with Crippen molar-refractivity contribution in [2.75, 3.05) is 6.54 Å². The van der Waals surface area contributed by atoms with E-state index in [9.17, 15) is 4.91 Å². The Bertz CT molecular complexity index is 190. The van der Waals surface area contributed by atoms with Crippen LogP contribution in [0.3, 0.4) is 0 Å². The highest BCUT2D eigenvalue weighted by molar-refractivity contribution is 5.82. The summed E-state index contributed by atoms with van der Waals surface area (Å²) < 4.78 is 0. The van der Waals surface area contributed by atoms with Crippen molar-refractivity contribution < 1.29 is 0 Å². The number of hydrogen-bond acceptors (Lipinski definition) is 2. The summed E-state index contributed by atoms with van der Waals surface area (Å²) in [6.07, 6.45) is 10.4. The van der Waals surface area contributed by atoms with E-state index >= 15 is 0 Å². The van der Waals surface area contributed by atoms with Crippen LogP contribution in [-0.2, 0) is 0 Å². The number of amidine groups is 1. The maximum absolute atomic E-state index is 10.4. The first-order chi connectivity index (χ1) is 7.85. The van der Waals surface area contributed by atoms with E-state index in [-0.39, 0.29) is 0 Å². The van der Waals surface area contributed by atoms with E-state index in [0.29, 0.717) is 5.84 Å². The van der Waals surface area contributed by atoms with E-state index in [1.54, 1.807) is 0 Å². The van der Waals surface area contributed by atoms with Crippen molar-refractivity contribution in [1.82, 2.24) is 0 Å². The minimum atomic E-state index is 0.510. The molecular formula is C13H26N2O. The number of aliphatic imine (C=N–C) groups is 1. The molecule has 0 amide bonds. The van der Waals surface area contributed by atoms with Crippen molar-refractivity contribution in [3.05, 3.63) is 4.91 Å². The van der Waals surface area contributed by atoms with Crippen LogP contribution in [0.4, 0.5) is 0 Å². The molecule has 0 rings (SSSR count). The van der Waals surface area contributed by atoms with E-state index in [4.69, 9.17) is 0 Å². The second-order valence-electron chi connectivity index (χ2n) is 4.26. The summed E-state index contributed by atoms with van der Waals surface area (Å²) in [5.74, 6) is 0.510. The highest BCUT2D eigenvalue weighted by atomic mass is 16.3. The molecule has 0 N–H and O–H groups in total. The van der Waals surface area contributed by atoms with Gasteiger partial charge in [0.2, 0.25) is 0 Å². The summed E-state index contributed by atoms with van der Waals surface area (Å²) >= 11 is 0. The van der Waals surface area contributed by atoms with Crippen molar-refractivity contribution in [3.8, 4) is 0 Å². The molecule has 0 bridgehead atoms. The van der Waals surface area contributed by atoms with E-state index < -0.39 is 0 Å². The lowest BCUT2D eigenvalue weighted by Crippen LogP contribution is -1.95. The predicted molar refractivity (Wildman–Crippen MR) is 71.0 cm³/mol. The zero-order valence-corrected chi connectivity index (χ0v) is 10.9. The van der Waals surface area contributed by atoms with Gasteiger partial charge in [-0.2, -0.15) is 0 Å². The molecule has 0 aromatic carbocycles. The molecule has 16 heavy (non-hydrogen) atoms. The maximum Gasteiger partial charge on any atom is 0.168 e. The third kappa shape index (κ3) is 9.81. The molecule has 0 radical (unpaired) electrons. The van der Waals surface area contributed by atoms with Crippen LogP contribution < -0.4 is 0 Å². The van der Waals surface area contributed by atoms with Gasteiger partial charge in [-0.05, 0) is 18.0 Å². The van der Waals surface area contributed by atoms with Gasteiger partial charge in [-0.1, -0.05) is 52.4 Å². The molecule has 3 nitrogen and oxygen atoms in total. The number of nitroso groups, excluding NO2 is 1. The SMILES string of the molecule is CCCCCCCCN=C(CCCC)N=O. The van der Waals surface area contributed by atoms with Crippen LogP contribution in [0.25, 0.3) is 0 Å². The molecule has 0 aliphatic carbocycles. The van der Waals surface area contributed by atoms with Gasteiger partial charge in [0.15, 0.2) is 5.84 Å². The third-order valence-electron chi connectivity index (χ3n) is 2.67. The van der Waals surface area contributed by atoms with Gasteiger partial charge in [-0.25, -0.2) is 0 Å². The fraction of sp³-hybridized carbons (Fsp3) is 0.923. The first kappa shape index (κ1) is 15.3. The molecule has 0 heterocycles. The Morgan fingerprint density at radius 2 is 1.50 bits per heavy atom. The van der Waals surface area contributed by atoms with Crippen molar-refractivity contribution in [3.63, 3.8) is 0 Å². The highest BCUT2D eigenvalue weighted by Gasteiger charge is 1.97. The average molecular weight is 226 g/mol. The van der Waals surface area contributed by atoms with Gasteiger partial charge in [0, 0.05) is 13.0 Å². The van der Waals surface area contributed by atoms with Crippen LogP contribution in [0, 0.1) is 4.91 Å². The predicted octanol–water partition coefficient (Wildman–Crippen LogP) is 4.70. The molecule has 0 atom stereocenters. The Balaban J connectivity index is 3.44. The minimum Gasteiger partial charge on any atom is -0.268 e. The Labute approximate surface area is 99.7 Å². The highest BCUT2D eigenvalue weighted by Crippen LogP contribution is 2.05. The Hall–Kier alpha value is -0.730. The van der Waals surface area contributed by atoms with Crippen LogP contribution in [0.2, 0.25) is 0 Å². The maximum atomic E-state index is 10.4. The number of hydrogen-bond donors (Lipinski definition) is 0. The molecule has 0 saturated heterocycles. The lowest BCUT2D eigenvalue weighted by Gasteiger charge is -1.99. The molecular weight excluding hydrogens is 200 g/mol. The molecule has 94 valence electrons. The van der Waals surface area contributed by atoms with Crippen LogP contribution in [0.1, 0.15) is 71.6 Å². The Morgan fingerprint density at radius 3 is 2.12 bits per heavy atom. The van der Waals surface area contributed by atoms with E-state index in [2.05, 4.69) is 24.0 Å². The standard InChI is InChI=1S/C13H26N2O/c1-3-5-7-8-9-10-12-14-13(15-16)11-6-4-2/h3-12H2,1-2H3. The molecule has 0 aliphatic rings. The summed E-state index contributed by atoms with van der Waals surface area (Å²) in [6.45, 7) is 5.10. The summed E-state index contributed by atoms with van der Waals surface area (Å²) in [5.41, 5.74) is 0.